The standard InChI is InChI=1S/C20H14Br2N2O/c21-14-7-5-13(6-8-14)12-25-19-10-9-15(22)11-16(19)20-23-17-3-1-2-4-18(17)24-20/h1-11H,12H2,(H,23,24). The van der Waals surface area contributed by atoms with E-state index in [1.807, 2.05) is 66.7 Å². The number of imidazole rings is 1. The Morgan fingerprint density at radius 2 is 1.64 bits per heavy atom. The lowest BCUT2D eigenvalue weighted by molar-refractivity contribution is 0.307. The molecule has 0 saturated heterocycles. The maximum absolute atomic E-state index is 6.07. The number of hydrogen-bond acceptors (Lipinski definition) is 2. The van der Waals surface area contributed by atoms with Crippen LogP contribution in [0.15, 0.2) is 75.7 Å². The zero-order valence-corrected chi connectivity index (χ0v) is 16.3. The summed E-state index contributed by atoms with van der Waals surface area (Å²) in [5.74, 6) is 1.60. The van der Waals surface area contributed by atoms with Crippen LogP contribution in [0, 0.1) is 0 Å². The normalized spacial score (nSPS) is 11.0. The molecule has 0 fully saturated rings. The minimum absolute atomic E-state index is 0.502. The second-order valence-corrected chi connectivity index (χ2v) is 7.49. The molecule has 1 aromatic heterocycles. The van der Waals surface area contributed by atoms with Gasteiger partial charge in [-0.05, 0) is 48.0 Å². The second-order valence-electron chi connectivity index (χ2n) is 5.66. The maximum Gasteiger partial charge on any atom is 0.142 e. The molecule has 0 amide bonds. The number of hydrogen-bond donors (Lipinski definition) is 1. The zero-order valence-electron chi connectivity index (χ0n) is 13.2. The summed E-state index contributed by atoms with van der Waals surface area (Å²) in [6, 6.07) is 22.1. The molecular weight excluding hydrogens is 444 g/mol. The van der Waals surface area contributed by atoms with Gasteiger partial charge >= 0.3 is 0 Å². The summed E-state index contributed by atoms with van der Waals surface area (Å²) < 4.78 is 8.12. The van der Waals surface area contributed by atoms with Gasteiger partial charge in [0.25, 0.3) is 0 Å². The summed E-state index contributed by atoms with van der Waals surface area (Å²) in [5.41, 5.74) is 4.00. The number of para-hydroxylation sites is 2. The molecule has 3 nitrogen and oxygen atoms in total. The highest BCUT2D eigenvalue weighted by Crippen LogP contribution is 2.32. The zero-order chi connectivity index (χ0) is 17.2. The fourth-order valence-corrected chi connectivity index (χ4v) is 3.26. The molecule has 25 heavy (non-hydrogen) atoms. The minimum atomic E-state index is 0.502. The van der Waals surface area contributed by atoms with Crippen LogP contribution in [0.5, 0.6) is 5.75 Å². The Hall–Kier alpha value is -2.11. The molecule has 0 bridgehead atoms. The SMILES string of the molecule is Brc1ccc(COc2ccc(Br)cc2-c2nc3ccccc3[nH]2)cc1. The van der Waals surface area contributed by atoms with Crippen molar-refractivity contribution in [1.82, 2.24) is 9.97 Å². The van der Waals surface area contributed by atoms with Gasteiger partial charge in [-0.15, -0.1) is 0 Å². The number of rotatable bonds is 4. The summed E-state index contributed by atoms with van der Waals surface area (Å²) in [5, 5.41) is 0. The van der Waals surface area contributed by atoms with Crippen LogP contribution in [-0.2, 0) is 6.61 Å². The summed E-state index contributed by atoms with van der Waals surface area (Å²) in [6.45, 7) is 0.502. The smallest absolute Gasteiger partial charge is 0.142 e. The van der Waals surface area contributed by atoms with Crippen molar-refractivity contribution in [2.24, 2.45) is 0 Å². The fourth-order valence-electron chi connectivity index (χ4n) is 2.64. The van der Waals surface area contributed by atoms with Crippen molar-refractivity contribution in [1.29, 1.82) is 0 Å². The first kappa shape index (κ1) is 16.4. The van der Waals surface area contributed by atoms with Crippen LogP contribution in [0.3, 0.4) is 0 Å². The first-order chi connectivity index (χ1) is 12.2. The quantitative estimate of drug-likeness (QED) is 0.388. The van der Waals surface area contributed by atoms with Crippen LogP contribution in [0.25, 0.3) is 22.4 Å². The largest absolute Gasteiger partial charge is 0.488 e. The van der Waals surface area contributed by atoms with Gasteiger partial charge in [-0.1, -0.05) is 56.1 Å². The van der Waals surface area contributed by atoms with Gasteiger partial charge in [0.1, 0.15) is 18.2 Å². The lowest BCUT2D eigenvalue weighted by atomic mass is 10.2. The first-order valence-corrected chi connectivity index (χ1v) is 9.39. The van der Waals surface area contributed by atoms with Gasteiger partial charge in [-0.25, -0.2) is 4.98 Å². The molecule has 0 saturated carbocycles. The Morgan fingerprint density at radius 1 is 0.880 bits per heavy atom. The van der Waals surface area contributed by atoms with E-state index in [9.17, 15) is 0 Å². The van der Waals surface area contributed by atoms with Crippen molar-refractivity contribution in [3.8, 4) is 17.1 Å². The number of fused-ring (bicyclic) bond motifs is 1. The Kier molecular flexibility index (Phi) is 4.59. The lowest BCUT2D eigenvalue weighted by Crippen LogP contribution is -1.97. The number of halogens is 2. The van der Waals surface area contributed by atoms with Gasteiger partial charge in [0, 0.05) is 8.95 Å². The average Bonchev–Trinajstić information content (AvgIpc) is 3.06. The Bertz CT molecular complexity index is 992. The van der Waals surface area contributed by atoms with E-state index in [4.69, 9.17) is 4.74 Å². The minimum Gasteiger partial charge on any atom is -0.488 e. The predicted molar refractivity (Wildman–Crippen MR) is 108 cm³/mol. The van der Waals surface area contributed by atoms with E-state index in [0.717, 1.165) is 42.7 Å². The van der Waals surface area contributed by atoms with Crippen molar-refractivity contribution >= 4 is 42.9 Å². The van der Waals surface area contributed by atoms with Crippen LogP contribution in [0.1, 0.15) is 5.56 Å². The van der Waals surface area contributed by atoms with E-state index in [1.165, 1.54) is 0 Å². The summed E-state index contributed by atoms with van der Waals surface area (Å²) in [6.07, 6.45) is 0. The molecule has 5 heteroatoms. The van der Waals surface area contributed by atoms with Gasteiger partial charge in [0.2, 0.25) is 0 Å². The van der Waals surface area contributed by atoms with Crippen molar-refractivity contribution in [2.45, 2.75) is 6.61 Å². The van der Waals surface area contributed by atoms with Crippen LogP contribution >= 0.6 is 31.9 Å². The Morgan fingerprint density at radius 3 is 2.44 bits per heavy atom. The third-order valence-electron chi connectivity index (χ3n) is 3.89. The Labute approximate surface area is 162 Å². The molecule has 0 unspecified atom stereocenters. The molecule has 4 rings (SSSR count). The number of nitrogens with one attached hydrogen (secondary N) is 1. The number of nitrogens with zero attached hydrogens (tertiary/aromatic N) is 1. The summed E-state index contributed by atoms with van der Waals surface area (Å²) >= 11 is 6.99. The monoisotopic (exact) mass is 456 g/mol. The lowest BCUT2D eigenvalue weighted by Gasteiger charge is -2.11. The van der Waals surface area contributed by atoms with Gasteiger partial charge in [0.15, 0.2) is 0 Å². The summed E-state index contributed by atoms with van der Waals surface area (Å²) in [4.78, 5) is 8.06. The number of aromatic amines is 1. The highest BCUT2D eigenvalue weighted by molar-refractivity contribution is 9.10. The van der Waals surface area contributed by atoms with Crippen LogP contribution in [0.4, 0.5) is 0 Å². The topological polar surface area (TPSA) is 37.9 Å². The van der Waals surface area contributed by atoms with Crippen molar-refractivity contribution < 1.29 is 4.74 Å². The number of ether oxygens (including phenoxy) is 1. The fraction of sp³-hybridized carbons (Fsp3) is 0.0500. The van der Waals surface area contributed by atoms with Gasteiger partial charge < -0.3 is 9.72 Å². The van der Waals surface area contributed by atoms with E-state index in [0.29, 0.717) is 6.61 Å². The molecule has 0 aliphatic heterocycles. The van der Waals surface area contributed by atoms with Gasteiger partial charge in [0.05, 0.1) is 16.6 Å². The second kappa shape index (κ2) is 7.02. The first-order valence-electron chi connectivity index (χ1n) is 7.81. The van der Waals surface area contributed by atoms with Crippen LogP contribution < -0.4 is 4.74 Å². The third-order valence-corrected chi connectivity index (χ3v) is 4.92. The highest BCUT2D eigenvalue weighted by atomic mass is 79.9. The molecule has 0 atom stereocenters. The molecule has 0 radical (unpaired) electrons. The number of aromatic nitrogens is 2. The van der Waals surface area contributed by atoms with Crippen molar-refractivity contribution in [3.63, 3.8) is 0 Å². The molecule has 3 aromatic carbocycles. The molecule has 124 valence electrons. The van der Waals surface area contributed by atoms with Crippen molar-refractivity contribution in [2.75, 3.05) is 0 Å². The summed E-state index contributed by atoms with van der Waals surface area (Å²) in [7, 11) is 0. The van der Waals surface area contributed by atoms with Crippen molar-refractivity contribution in [3.05, 3.63) is 81.2 Å². The third kappa shape index (κ3) is 3.62. The molecule has 0 aliphatic carbocycles. The molecule has 0 spiro atoms. The van der Waals surface area contributed by atoms with Crippen LogP contribution in [0.2, 0.25) is 0 Å². The number of benzene rings is 3. The van der Waals surface area contributed by atoms with E-state index < -0.39 is 0 Å². The van der Waals surface area contributed by atoms with Crippen LogP contribution in [-0.4, -0.2) is 9.97 Å². The van der Waals surface area contributed by atoms with E-state index >= 15 is 0 Å². The number of H-pyrrole nitrogens is 1. The molecule has 0 aliphatic rings. The Balaban J connectivity index is 1.67. The average molecular weight is 458 g/mol. The van der Waals surface area contributed by atoms with E-state index in [-0.39, 0.29) is 0 Å². The maximum atomic E-state index is 6.07. The predicted octanol–water partition coefficient (Wildman–Crippen LogP) is 6.33. The van der Waals surface area contributed by atoms with E-state index in [2.05, 4.69) is 41.8 Å². The van der Waals surface area contributed by atoms with Gasteiger partial charge in [-0.2, -0.15) is 0 Å². The molecular formula is C20H14Br2N2O. The highest BCUT2D eigenvalue weighted by Gasteiger charge is 2.12. The molecule has 4 aromatic rings. The van der Waals surface area contributed by atoms with Gasteiger partial charge in [-0.3, -0.25) is 0 Å². The molecule has 1 heterocycles. The molecule has 1 N–H and O–H groups in total. The van der Waals surface area contributed by atoms with E-state index in [1.54, 1.807) is 0 Å².